The molecule has 1 aliphatic heterocycles. The maximum absolute atomic E-state index is 12.3. The zero-order valence-electron chi connectivity index (χ0n) is 12.8. The van der Waals surface area contributed by atoms with Crippen molar-refractivity contribution in [3.05, 3.63) is 35.4 Å². The number of likely N-dealkylation sites (N-methyl/N-ethyl adjacent to an activating group) is 1. The molecular weight excluding hydrogens is 250 g/mol. The van der Waals surface area contributed by atoms with Gasteiger partial charge in [-0.1, -0.05) is 38.1 Å². The average molecular weight is 275 g/mol. The molecule has 110 valence electrons. The number of benzene rings is 1. The fourth-order valence-electron chi connectivity index (χ4n) is 2.63. The minimum absolute atomic E-state index is 0.203. The summed E-state index contributed by atoms with van der Waals surface area (Å²) in [5, 5.41) is 0. The Morgan fingerprint density at radius 1 is 1.25 bits per heavy atom. The third-order valence-electron chi connectivity index (χ3n) is 4.11. The molecule has 0 unspecified atom stereocenters. The molecule has 1 saturated heterocycles. The molecule has 2 rings (SSSR count). The standard InChI is InChI=1S/C17H25NO2/c1-13(2)14-4-6-15(7-5-14)17(19)12-18(3)16-8-10-20-11-9-16/h4-7,13,16H,8-12H2,1-3H3. The van der Waals surface area contributed by atoms with Crippen LogP contribution in [0.4, 0.5) is 0 Å². The molecule has 3 heteroatoms. The Kier molecular flexibility index (Phi) is 5.32. The van der Waals surface area contributed by atoms with Gasteiger partial charge in [0.05, 0.1) is 6.54 Å². The highest BCUT2D eigenvalue weighted by Gasteiger charge is 2.20. The van der Waals surface area contributed by atoms with Crippen LogP contribution in [0.25, 0.3) is 0 Å². The van der Waals surface area contributed by atoms with Crippen LogP contribution in [0.2, 0.25) is 0 Å². The number of hydrogen-bond acceptors (Lipinski definition) is 3. The summed E-state index contributed by atoms with van der Waals surface area (Å²) < 4.78 is 5.36. The minimum atomic E-state index is 0.203. The lowest BCUT2D eigenvalue weighted by molar-refractivity contribution is 0.0418. The summed E-state index contributed by atoms with van der Waals surface area (Å²) in [5.41, 5.74) is 2.09. The van der Waals surface area contributed by atoms with E-state index in [1.54, 1.807) is 0 Å². The van der Waals surface area contributed by atoms with Crippen LogP contribution in [-0.2, 0) is 4.74 Å². The molecule has 0 atom stereocenters. The topological polar surface area (TPSA) is 29.5 Å². The average Bonchev–Trinajstić information content (AvgIpc) is 2.48. The van der Waals surface area contributed by atoms with Crippen LogP contribution in [0.3, 0.4) is 0 Å². The normalized spacial score (nSPS) is 16.9. The Hall–Kier alpha value is -1.19. The van der Waals surface area contributed by atoms with E-state index in [4.69, 9.17) is 4.74 Å². The van der Waals surface area contributed by atoms with Gasteiger partial charge in [0.25, 0.3) is 0 Å². The molecule has 3 nitrogen and oxygen atoms in total. The largest absolute Gasteiger partial charge is 0.381 e. The molecule has 1 fully saturated rings. The number of carbonyl (C=O) groups excluding carboxylic acids is 1. The Bertz CT molecular complexity index is 433. The van der Waals surface area contributed by atoms with Crippen LogP contribution in [-0.4, -0.2) is 43.5 Å². The van der Waals surface area contributed by atoms with E-state index in [1.165, 1.54) is 5.56 Å². The number of ether oxygens (including phenoxy) is 1. The molecule has 0 aromatic heterocycles. The minimum Gasteiger partial charge on any atom is -0.381 e. The first-order valence-corrected chi connectivity index (χ1v) is 7.49. The number of ketones is 1. The van der Waals surface area contributed by atoms with Crippen LogP contribution in [0, 0.1) is 0 Å². The van der Waals surface area contributed by atoms with E-state index in [0.29, 0.717) is 18.5 Å². The first-order valence-electron chi connectivity index (χ1n) is 7.49. The molecule has 0 N–H and O–H groups in total. The van der Waals surface area contributed by atoms with Crippen molar-refractivity contribution in [1.82, 2.24) is 4.90 Å². The van der Waals surface area contributed by atoms with Crippen molar-refractivity contribution in [3.8, 4) is 0 Å². The molecule has 0 radical (unpaired) electrons. The maximum atomic E-state index is 12.3. The molecule has 1 heterocycles. The highest BCUT2D eigenvalue weighted by atomic mass is 16.5. The second-order valence-corrected chi connectivity index (χ2v) is 5.96. The van der Waals surface area contributed by atoms with Gasteiger partial charge in [-0.3, -0.25) is 9.69 Å². The molecule has 0 amide bonds. The molecule has 0 bridgehead atoms. The second kappa shape index (κ2) is 7.00. The van der Waals surface area contributed by atoms with Crippen LogP contribution in [0.1, 0.15) is 48.5 Å². The quantitative estimate of drug-likeness (QED) is 0.773. The molecule has 20 heavy (non-hydrogen) atoms. The van der Waals surface area contributed by atoms with Crippen molar-refractivity contribution in [2.45, 2.75) is 38.6 Å². The van der Waals surface area contributed by atoms with Gasteiger partial charge in [-0.25, -0.2) is 0 Å². The van der Waals surface area contributed by atoms with Gasteiger partial charge in [0, 0.05) is 24.8 Å². The molecule has 1 aromatic carbocycles. The van der Waals surface area contributed by atoms with E-state index in [0.717, 1.165) is 31.6 Å². The second-order valence-electron chi connectivity index (χ2n) is 5.96. The van der Waals surface area contributed by atoms with Crippen LogP contribution in [0.15, 0.2) is 24.3 Å². The third-order valence-corrected chi connectivity index (χ3v) is 4.11. The first-order chi connectivity index (χ1) is 9.58. The van der Waals surface area contributed by atoms with Crippen LogP contribution < -0.4 is 0 Å². The zero-order valence-corrected chi connectivity index (χ0v) is 12.8. The summed E-state index contributed by atoms with van der Waals surface area (Å²) in [4.78, 5) is 14.5. The Balaban J connectivity index is 1.93. The number of hydrogen-bond donors (Lipinski definition) is 0. The van der Waals surface area contributed by atoms with Gasteiger partial charge in [0.2, 0.25) is 0 Å². The van der Waals surface area contributed by atoms with Crippen molar-refractivity contribution in [1.29, 1.82) is 0 Å². The monoisotopic (exact) mass is 275 g/mol. The predicted octanol–water partition coefficient (Wildman–Crippen LogP) is 3.10. The SMILES string of the molecule is CC(C)c1ccc(C(=O)CN(C)C2CCOCC2)cc1. The Morgan fingerprint density at radius 3 is 2.40 bits per heavy atom. The van der Waals surface area contributed by atoms with Gasteiger partial charge in [-0.2, -0.15) is 0 Å². The lowest BCUT2D eigenvalue weighted by Crippen LogP contribution is -2.39. The highest BCUT2D eigenvalue weighted by molar-refractivity contribution is 5.97. The fourth-order valence-corrected chi connectivity index (χ4v) is 2.63. The van der Waals surface area contributed by atoms with E-state index in [9.17, 15) is 4.79 Å². The van der Waals surface area contributed by atoms with E-state index in [2.05, 4.69) is 30.9 Å². The fraction of sp³-hybridized carbons (Fsp3) is 0.588. The Morgan fingerprint density at radius 2 is 1.85 bits per heavy atom. The van der Waals surface area contributed by atoms with E-state index in [-0.39, 0.29) is 5.78 Å². The molecule has 1 aliphatic rings. The summed E-state index contributed by atoms with van der Waals surface area (Å²) >= 11 is 0. The highest BCUT2D eigenvalue weighted by Crippen LogP contribution is 2.16. The predicted molar refractivity (Wildman–Crippen MR) is 81.3 cm³/mol. The zero-order chi connectivity index (χ0) is 14.5. The summed E-state index contributed by atoms with van der Waals surface area (Å²) in [6.07, 6.45) is 2.05. The first kappa shape index (κ1) is 15.2. The van der Waals surface area contributed by atoms with E-state index < -0.39 is 0 Å². The van der Waals surface area contributed by atoms with Crippen molar-refractivity contribution >= 4 is 5.78 Å². The van der Waals surface area contributed by atoms with Crippen molar-refractivity contribution in [2.24, 2.45) is 0 Å². The van der Waals surface area contributed by atoms with Crippen LogP contribution in [0.5, 0.6) is 0 Å². The van der Waals surface area contributed by atoms with Gasteiger partial charge in [-0.05, 0) is 31.4 Å². The summed E-state index contributed by atoms with van der Waals surface area (Å²) in [6, 6.07) is 8.51. The summed E-state index contributed by atoms with van der Waals surface area (Å²) in [6.45, 7) is 6.44. The van der Waals surface area contributed by atoms with Gasteiger partial charge in [0.15, 0.2) is 5.78 Å². The van der Waals surface area contributed by atoms with Crippen molar-refractivity contribution < 1.29 is 9.53 Å². The van der Waals surface area contributed by atoms with Crippen molar-refractivity contribution in [2.75, 3.05) is 26.8 Å². The summed E-state index contributed by atoms with van der Waals surface area (Å²) in [5.74, 6) is 0.707. The lowest BCUT2D eigenvalue weighted by atomic mass is 10.00. The lowest BCUT2D eigenvalue weighted by Gasteiger charge is -2.30. The molecular formula is C17H25NO2. The molecule has 0 saturated carbocycles. The molecule has 0 spiro atoms. The smallest absolute Gasteiger partial charge is 0.176 e. The summed E-state index contributed by atoms with van der Waals surface area (Å²) in [7, 11) is 2.04. The van der Waals surface area contributed by atoms with Gasteiger partial charge in [-0.15, -0.1) is 0 Å². The van der Waals surface area contributed by atoms with Gasteiger partial charge < -0.3 is 4.74 Å². The van der Waals surface area contributed by atoms with Crippen LogP contribution >= 0.6 is 0 Å². The third kappa shape index (κ3) is 3.90. The maximum Gasteiger partial charge on any atom is 0.176 e. The van der Waals surface area contributed by atoms with E-state index >= 15 is 0 Å². The van der Waals surface area contributed by atoms with Gasteiger partial charge in [0.1, 0.15) is 0 Å². The number of nitrogens with zero attached hydrogens (tertiary/aromatic N) is 1. The number of carbonyl (C=O) groups is 1. The number of rotatable bonds is 5. The number of Topliss-reactive ketones (excluding diaryl/α,β-unsaturated/α-hetero) is 1. The van der Waals surface area contributed by atoms with E-state index in [1.807, 2.05) is 19.2 Å². The molecule has 0 aliphatic carbocycles. The van der Waals surface area contributed by atoms with Gasteiger partial charge >= 0.3 is 0 Å². The Labute approximate surface area is 121 Å². The van der Waals surface area contributed by atoms with Crippen molar-refractivity contribution in [3.63, 3.8) is 0 Å². The molecule has 1 aromatic rings.